The van der Waals surface area contributed by atoms with Crippen LogP contribution in [0, 0.1) is 0 Å². The second kappa shape index (κ2) is 8.83. The van der Waals surface area contributed by atoms with Crippen molar-refractivity contribution in [3.8, 4) is 0 Å². The Hall–Kier alpha value is -1.95. The minimum Gasteiger partial charge on any atom is -0.376 e. The summed E-state index contributed by atoms with van der Waals surface area (Å²) < 4.78 is 0. The van der Waals surface area contributed by atoms with E-state index in [0.29, 0.717) is 32.0 Å². The van der Waals surface area contributed by atoms with Gasteiger partial charge in [0.15, 0.2) is 0 Å². The van der Waals surface area contributed by atoms with Crippen LogP contribution in [0.3, 0.4) is 0 Å². The largest absolute Gasteiger partial charge is 0.376 e. The molecule has 0 heterocycles. The van der Waals surface area contributed by atoms with Crippen molar-refractivity contribution in [3.05, 3.63) is 57.0 Å². The highest BCUT2D eigenvalue weighted by Crippen LogP contribution is 2.32. The Bertz CT molecular complexity index is 864. The molecule has 0 atom stereocenters. The molecule has 2 amide bonds. The SMILES string of the molecule is CC(C)(C)NC(=O)c1cccc(NCC(=O)Nc2cc(Cl)c(Cl)cc2Cl)c1. The molecule has 2 aromatic carbocycles. The molecule has 0 aliphatic rings. The molecular formula is C19H20Cl3N3O2. The van der Waals surface area contributed by atoms with Crippen molar-refractivity contribution in [2.24, 2.45) is 0 Å². The number of hydrogen-bond donors (Lipinski definition) is 3. The highest BCUT2D eigenvalue weighted by Gasteiger charge is 2.15. The Kier molecular flexibility index (Phi) is 6.98. The Labute approximate surface area is 173 Å². The van der Waals surface area contributed by atoms with Crippen molar-refractivity contribution in [1.82, 2.24) is 5.32 Å². The van der Waals surface area contributed by atoms with Crippen LogP contribution < -0.4 is 16.0 Å². The zero-order chi connectivity index (χ0) is 20.2. The summed E-state index contributed by atoms with van der Waals surface area (Å²) in [5, 5.41) is 9.42. The van der Waals surface area contributed by atoms with E-state index in [1.165, 1.54) is 12.1 Å². The van der Waals surface area contributed by atoms with Crippen LogP contribution in [0.4, 0.5) is 11.4 Å². The molecule has 3 N–H and O–H groups in total. The number of nitrogens with one attached hydrogen (secondary N) is 3. The van der Waals surface area contributed by atoms with Crippen molar-refractivity contribution in [1.29, 1.82) is 0 Å². The lowest BCUT2D eigenvalue weighted by Crippen LogP contribution is -2.40. The van der Waals surface area contributed by atoms with E-state index in [1.807, 2.05) is 20.8 Å². The second-order valence-electron chi connectivity index (χ2n) is 6.93. The van der Waals surface area contributed by atoms with E-state index in [0.717, 1.165) is 0 Å². The summed E-state index contributed by atoms with van der Waals surface area (Å²) in [7, 11) is 0. The Morgan fingerprint density at radius 3 is 2.30 bits per heavy atom. The van der Waals surface area contributed by atoms with E-state index in [9.17, 15) is 9.59 Å². The van der Waals surface area contributed by atoms with Gasteiger partial charge in [0.25, 0.3) is 5.91 Å². The number of carbonyl (C=O) groups is 2. The number of rotatable bonds is 5. The maximum atomic E-state index is 12.2. The molecule has 0 radical (unpaired) electrons. The van der Waals surface area contributed by atoms with Gasteiger partial charge in [0.1, 0.15) is 0 Å². The van der Waals surface area contributed by atoms with Gasteiger partial charge in [0.05, 0.1) is 27.3 Å². The Morgan fingerprint density at radius 2 is 1.63 bits per heavy atom. The molecular weight excluding hydrogens is 409 g/mol. The van der Waals surface area contributed by atoms with E-state index in [4.69, 9.17) is 34.8 Å². The van der Waals surface area contributed by atoms with Gasteiger partial charge in [0.2, 0.25) is 5.91 Å². The van der Waals surface area contributed by atoms with Gasteiger partial charge in [-0.15, -0.1) is 0 Å². The van der Waals surface area contributed by atoms with Crippen LogP contribution in [0.25, 0.3) is 0 Å². The standard InChI is InChI=1S/C19H20Cl3N3O2/c1-19(2,3)25-18(27)11-5-4-6-12(7-11)23-10-17(26)24-16-9-14(21)13(20)8-15(16)22/h4-9,23H,10H2,1-3H3,(H,24,26)(H,25,27). The van der Waals surface area contributed by atoms with Crippen LogP contribution in [0.2, 0.25) is 15.1 Å². The van der Waals surface area contributed by atoms with Gasteiger partial charge < -0.3 is 16.0 Å². The highest BCUT2D eigenvalue weighted by atomic mass is 35.5. The smallest absolute Gasteiger partial charge is 0.251 e. The first kappa shape index (κ1) is 21.4. The molecule has 8 heteroatoms. The molecule has 5 nitrogen and oxygen atoms in total. The molecule has 0 fully saturated rings. The monoisotopic (exact) mass is 427 g/mol. The molecule has 2 rings (SSSR count). The predicted octanol–water partition coefficient (Wildman–Crippen LogP) is 5.23. The molecule has 0 saturated heterocycles. The van der Waals surface area contributed by atoms with Crippen molar-refractivity contribution >= 4 is 58.0 Å². The predicted molar refractivity (Wildman–Crippen MR) is 112 cm³/mol. The molecule has 144 valence electrons. The van der Waals surface area contributed by atoms with Gasteiger partial charge in [-0.2, -0.15) is 0 Å². The number of anilines is 2. The minimum absolute atomic E-state index is 0.0130. The van der Waals surface area contributed by atoms with Crippen LogP contribution in [0.15, 0.2) is 36.4 Å². The average molecular weight is 429 g/mol. The summed E-state index contributed by atoms with van der Waals surface area (Å²) in [6, 6.07) is 9.86. The third kappa shape index (κ3) is 6.61. The molecule has 0 aliphatic heterocycles. The minimum atomic E-state index is -0.334. The number of halogens is 3. The van der Waals surface area contributed by atoms with Crippen molar-refractivity contribution < 1.29 is 9.59 Å². The number of amides is 2. The molecule has 0 aromatic heterocycles. The normalized spacial score (nSPS) is 11.0. The lowest BCUT2D eigenvalue weighted by atomic mass is 10.1. The fraction of sp³-hybridized carbons (Fsp3) is 0.263. The van der Waals surface area contributed by atoms with E-state index in [-0.39, 0.29) is 23.9 Å². The molecule has 0 aliphatic carbocycles. The molecule has 0 bridgehead atoms. The second-order valence-corrected chi connectivity index (χ2v) is 8.15. The Morgan fingerprint density at radius 1 is 0.963 bits per heavy atom. The third-order valence-corrected chi connectivity index (χ3v) is 4.39. The van der Waals surface area contributed by atoms with Crippen LogP contribution in [-0.4, -0.2) is 23.9 Å². The molecule has 27 heavy (non-hydrogen) atoms. The quantitative estimate of drug-likeness (QED) is 0.571. The summed E-state index contributed by atoms with van der Waals surface area (Å²) in [4.78, 5) is 24.4. The van der Waals surface area contributed by atoms with Gasteiger partial charge >= 0.3 is 0 Å². The Balaban J connectivity index is 1.98. The van der Waals surface area contributed by atoms with Crippen LogP contribution in [0.5, 0.6) is 0 Å². The number of benzene rings is 2. The highest BCUT2D eigenvalue weighted by molar-refractivity contribution is 6.44. The fourth-order valence-corrected chi connectivity index (χ4v) is 2.77. The summed E-state index contributed by atoms with van der Waals surface area (Å²) >= 11 is 17.9. The van der Waals surface area contributed by atoms with Crippen LogP contribution >= 0.6 is 34.8 Å². The van der Waals surface area contributed by atoms with E-state index in [1.54, 1.807) is 24.3 Å². The summed E-state index contributed by atoms with van der Waals surface area (Å²) in [5.74, 6) is -0.502. The molecule has 0 saturated carbocycles. The first-order chi connectivity index (χ1) is 12.5. The molecule has 0 unspecified atom stereocenters. The molecule has 0 spiro atoms. The third-order valence-electron chi connectivity index (χ3n) is 3.35. The zero-order valence-electron chi connectivity index (χ0n) is 15.1. The van der Waals surface area contributed by atoms with Gasteiger partial charge in [0, 0.05) is 16.8 Å². The average Bonchev–Trinajstić information content (AvgIpc) is 2.56. The molecule has 2 aromatic rings. The number of hydrogen-bond acceptors (Lipinski definition) is 3. The van der Waals surface area contributed by atoms with Gasteiger partial charge in [-0.05, 0) is 51.1 Å². The van der Waals surface area contributed by atoms with Gasteiger partial charge in [-0.1, -0.05) is 40.9 Å². The lowest BCUT2D eigenvalue weighted by Gasteiger charge is -2.20. The zero-order valence-corrected chi connectivity index (χ0v) is 17.4. The first-order valence-electron chi connectivity index (χ1n) is 8.16. The van der Waals surface area contributed by atoms with Crippen molar-refractivity contribution in [3.63, 3.8) is 0 Å². The van der Waals surface area contributed by atoms with Gasteiger partial charge in [-0.25, -0.2) is 0 Å². The fourth-order valence-electron chi connectivity index (χ4n) is 2.18. The van der Waals surface area contributed by atoms with E-state index in [2.05, 4.69) is 16.0 Å². The van der Waals surface area contributed by atoms with Gasteiger partial charge in [-0.3, -0.25) is 9.59 Å². The lowest BCUT2D eigenvalue weighted by molar-refractivity contribution is -0.114. The maximum absolute atomic E-state index is 12.2. The van der Waals surface area contributed by atoms with Crippen molar-refractivity contribution in [2.75, 3.05) is 17.2 Å². The summed E-state index contributed by atoms with van der Waals surface area (Å²) in [5.41, 5.74) is 1.19. The number of carbonyl (C=O) groups excluding carboxylic acids is 2. The van der Waals surface area contributed by atoms with E-state index < -0.39 is 0 Å². The van der Waals surface area contributed by atoms with Crippen LogP contribution in [-0.2, 0) is 4.79 Å². The van der Waals surface area contributed by atoms with Crippen molar-refractivity contribution in [2.45, 2.75) is 26.3 Å². The summed E-state index contributed by atoms with van der Waals surface area (Å²) in [6.45, 7) is 5.71. The first-order valence-corrected chi connectivity index (χ1v) is 9.29. The maximum Gasteiger partial charge on any atom is 0.251 e. The topological polar surface area (TPSA) is 70.2 Å². The van der Waals surface area contributed by atoms with E-state index >= 15 is 0 Å². The van der Waals surface area contributed by atoms with Crippen LogP contribution in [0.1, 0.15) is 31.1 Å². The summed E-state index contributed by atoms with van der Waals surface area (Å²) in [6.07, 6.45) is 0.